The normalized spacial score (nSPS) is 13.2. The third kappa shape index (κ3) is 7.59. The van der Waals surface area contributed by atoms with Crippen molar-refractivity contribution >= 4 is 11.9 Å². The van der Waals surface area contributed by atoms with Gasteiger partial charge in [0, 0.05) is 0 Å². The molecule has 1 rings (SSSR count). The van der Waals surface area contributed by atoms with E-state index in [-0.39, 0.29) is 17.6 Å². The Morgan fingerprint density at radius 2 is 1.50 bits per heavy atom. The number of carboxylic acid groups (broad SMARTS) is 1. The number of carbonyl (C=O) groups excluding carboxylic acids is 1. The first kappa shape index (κ1) is 22.2. The topological polar surface area (TPSA) is 63.6 Å². The zero-order chi connectivity index (χ0) is 19.4. The molecule has 0 aliphatic carbocycles. The minimum absolute atomic E-state index is 0.0601. The second-order valence-electron chi connectivity index (χ2n) is 6.99. The van der Waals surface area contributed by atoms with Crippen molar-refractivity contribution in [3.8, 4) is 0 Å². The first-order chi connectivity index (χ1) is 12.5. The number of hydrogen-bond donors (Lipinski definition) is 1. The maximum absolute atomic E-state index is 12.5. The maximum atomic E-state index is 12.5. The fourth-order valence-corrected chi connectivity index (χ4v) is 3.24. The lowest BCUT2D eigenvalue weighted by Gasteiger charge is -2.26. The van der Waals surface area contributed by atoms with Crippen molar-refractivity contribution < 1.29 is 19.4 Å². The number of unbranched alkanes of at least 4 members (excludes halogenated alkanes) is 4. The fraction of sp³-hybridized carbons (Fsp3) is 0.636. The van der Waals surface area contributed by atoms with Crippen LogP contribution in [-0.4, -0.2) is 23.1 Å². The van der Waals surface area contributed by atoms with Crippen LogP contribution < -0.4 is 0 Å². The number of aromatic carboxylic acids is 1. The summed E-state index contributed by atoms with van der Waals surface area (Å²) in [5, 5.41) is 8.97. The van der Waals surface area contributed by atoms with E-state index in [1.54, 1.807) is 0 Å². The van der Waals surface area contributed by atoms with Gasteiger partial charge in [-0.15, -0.1) is 0 Å². The average Bonchev–Trinajstić information content (AvgIpc) is 2.65. The van der Waals surface area contributed by atoms with Gasteiger partial charge in [-0.05, 0) is 55.9 Å². The number of ether oxygens (including phenoxy) is 1. The Morgan fingerprint density at radius 3 is 2.04 bits per heavy atom. The molecule has 0 radical (unpaired) electrons. The molecule has 0 aromatic heterocycles. The third-order valence-corrected chi connectivity index (χ3v) is 4.95. The molecule has 0 spiro atoms. The molecule has 2 unspecified atom stereocenters. The molecular formula is C22H34O4. The third-order valence-electron chi connectivity index (χ3n) is 4.95. The molecule has 1 aromatic carbocycles. The van der Waals surface area contributed by atoms with Gasteiger partial charge in [-0.3, -0.25) is 0 Å². The van der Waals surface area contributed by atoms with Gasteiger partial charge in [-0.2, -0.15) is 0 Å². The second-order valence-corrected chi connectivity index (χ2v) is 6.99. The van der Waals surface area contributed by atoms with E-state index in [0.717, 1.165) is 38.5 Å². The van der Waals surface area contributed by atoms with Crippen LogP contribution in [0.4, 0.5) is 0 Å². The van der Waals surface area contributed by atoms with Gasteiger partial charge in [-0.25, -0.2) is 9.59 Å². The zero-order valence-electron chi connectivity index (χ0n) is 16.5. The highest BCUT2D eigenvalue weighted by molar-refractivity contribution is 5.92. The van der Waals surface area contributed by atoms with Crippen LogP contribution in [0.5, 0.6) is 0 Å². The summed E-state index contributed by atoms with van der Waals surface area (Å²) >= 11 is 0. The standard InChI is InChI=1S/C22H34O4/c1-4-7-9-10-12-20(17(6-3)11-8-5-2)26-22(25)19-15-13-18(14-16-19)21(23)24/h13-17,20H,4-12H2,1-3H3,(H,23,24). The zero-order valence-corrected chi connectivity index (χ0v) is 16.5. The van der Waals surface area contributed by atoms with Gasteiger partial charge in [-0.1, -0.05) is 52.9 Å². The summed E-state index contributed by atoms with van der Waals surface area (Å²) in [5.74, 6) is -0.958. The highest BCUT2D eigenvalue weighted by Gasteiger charge is 2.24. The summed E-state index contributed by atoms with van der Waals surface area (Å²) in [4.78, 5) is 23.5. The van der Waals surface area contributed by atoms with Crippen molar-refractivity contribution in [3.05, 3.63) is 35.4 Å². The monoisotopic (exact) mass is 362 g/mol. The van der Waals surface area contributed by atoms with Crippen molar-refractivity contribution in [3.63, 3.8) is 0 Å². The first-order valence-electron chi connectivity index (χ1n) is 10.1. The molecule has 0 aliphatic heterocycles. The predicted octanol–water partition coefficient (Wildman–Crippen LogP) is 6.10. The van der Waals surface area contributed by atoms with E-state index in [2.05, 4.69) is 20.8 Å². The van der Waals surface area contributed by atoms with Gasteiger partial charge in [0.15, 0.2) is 0 Å². The van der Waals surface area contributed by atoms with Crippen LogP contribution in [0.3, 0.4) is 0 Å². The summed E-state index contributed by atoms with van der Waals surface area (Å²) in [6, 6.07) is 5.97. The van der Waals surface area contributed by atoms with Crippen LogP contribution in [0.2, 0.25) is 0 Å². The van der Waals surface area contributed by atoms with Crippen molar-refractivity contribution in [1.29, 1.82) is 0 Å². The van der Waals surface area contributed by atoms with Gasteiger partial charge in [0.05, 0.1) is 11.1 Å². The Labute approximate surface area is 158 Å². The summed E-state index contributed by atoms with van der Waals surface area (Å²) in [6.07, 6.45) is 9.86. The summed E-state index contributed by atoms with van der Waals surface area (Å²) in [5.41, 5.74) is 0.589. The summed E-state index contributed by atoms with van der Waals surface area (Å²) < 4.78 is 5.88. The van der Waals surface area contributed by atoms with Crippen molar-refractivity contribution in [2.45, 2.75) is 84.7 Å². The van der Waals surface area contributed by atoms with Crippen LogP contribution >= 0.6 is 0 Å². The Bertz CT molecular complexity index is 536. The molecule has 26 heavy (non-hydrogen) atoms. The quantitative estimate of drug-likeness (QED) is 0.340. The summed E-state index contributed by atoms with van der Waals surface area (Å²) in [6.45, 7) is 6.53. The minimum Gasteiger partial charge on any atom is -0.478 e. The summed E-state index contributed by atoms with van der Waals surface area (Å²) in [7, 11) is 0. The van der Waals surface area contributed by atoms with E-state index in [9.17, 15) is 9.59 Å². The van der Waals surface area contributed by atoms with Gasteiger partial charge >= 0.3 is 11.9 Å². The number of hydrogen-bond acceptors (Lipinski definition) is 3. The largest absolute Gasteiger partial charge is 0.478 e. The number of carboxylic acids is 1. The average molecular weight is 363 g/mol. The van der Waals surface area contributed by atoms with E-state index in [0.29, 0.717) is 11.5 Å². The van der Waals surface area contributed by atoms with E-state index in [1.165, 1.54) is 43.5 Å². The predicted molar refractivity (Wildman–Crippen MR) is 105 cm³/mol. The number of esters is 1. The Balaban J connectivity index is 2.77. The Kier molecular flexibility index (Phi) is 10.7. The number of benzene rings is 1. The SMILES string of the molecule is CCCCCCC(OC(=O)c1ccc(C(=O)O)cc1)C(CC)CCCC. The number of carbonyl (C=O) groups is 2. The number of rotatable bonds is 13. The van der Waals surface area contributed by atoms with Crippen molar-refractivity contribution in [1.82, 2.24) is 0 Å². The van der Waals surface area contributed by atoms with E-state index in [1.807, 2.05) is 0 Å². The molecule has 0 heterocycles. The molecule has 0 aliphatic rings. The highest BCUT2D eigenvalue weighted by Crippen LogP contribution is 2.25. The Morgan fingerprint density at radius 1 is 0.885 bits per heavy atom. The molecule has 146 valence electrons. The van der Waals surface area contributed by atoms with Crippen LogP contribution in [-0.2, 0) is 4.74 Å². The molecule has 0 amide bonds. The molecule has 0 saturated heterocycles. The molecule has 0 saturated carbocycles. The van der Waals surface area contributed by atoms with Crippen LogP contribution in [0, 0.1) is 5.92 Å². The lowest BCUT2D eigenvalue weighted by molar-refractivity contribution is 0.00774. The van der Waals surface area contributed by atoms with Crippen LogP contribution in [0.15, 0.2) is 24.3 Å². The van der Waals surface area contributed by atoms with Crippen LogP contribution in [0.1, 0.15) is 99.3 Å². The molecule has 1 aromatic rings. The molecule has 0 fully saturated rings. The van der Waals surface area contributed by atoms with Gasteiger partial charge in [0.2, 0.25) is 0 Å². The van der Waals surface area contributed by atoms with E-state index < -0.39 is 5.97 Å². The minimum atomic E-state index is -0.996. The van der Waals surface area contributed by atoms with Crippen molar-refractivity contribution in [2.24, 2.45) is 5.92 Å². The molecule has 0 bridgehead atoms. The van der Waals surface area contributed by atoms with Gasteiger partial charge < -0.3 is 9.84 Å². The smallest absolute Gasteiger partial charge is 0.338 e. The van der Waals surface area contributed by atoms with Crippen molar-refractivity contribution in [2.75, 3.05) is 0 Å². The second kappa shape index (κ2) is 12.5. The molecule has 4 nitrogen and oxygen atoms in total. The van der Waals surface area contributed by atoms with Gasteiger partial charge in [0.1, 0.15) is 6.10 Å². The lowest BCUT2D eigenvalue weighted by atomic mass is 9.90. The fourth-order valence-electron chi connectivity index (χ4n) is 3.24. The van der Waals surface area contributed by atoms with E-state index in [4.69, 9.17) is 9.84 Å². The van der Waals surface area contributed by atoms with Gasteiger partial charge in [0.25, 0.3) is 0 Å². The van der Waals surface area contributed by atoms with E-state index >= 15 is 0 Å². The maximum Gasteiger partial charge on any atom is 0.338 e. The lowest BCUT2D eigenvalue weighted by Crippen LogP contribution is -2.27. The Hall–Kier alpha value is -1.84. The molecular weight excluding hydrogens is 328 g/mol. The molecule has 4 heteroatoms. The highest BCUT2D eigenvalue weighted by atomic mass is 16.5. The first-order valence-corrected chi connectivity index (χ1v) is 10.1. The van der Waals surface area contributed by atoms with Crippen LogP contribution in [0.25, 0.3) is 0 Å². The molecule has 2 atom stereocenters. The molecule has 1 N–H and O–H groups in total.